The molecule has 0 aromatic rings. The maximum absolute atomic E-state index is 13.3. The van der Waals surface area contributed by atoms with Crippen molar-refractivity contribution in [3.05, 3.63) is 72.9 Å². The Morgan fingerprint density at radius 3 is 1.20 bits per heavy atom. The Kier molecular flexibility index (Phi) is 30.1. The zero-order valence-corrected chi connectivity index (χ0v) is 29.7. The van der Waals surface area contributed by atoms with Crippen LogP contribution in [-0.4, -0.2) is 48.8 Å². The van der Waals surface area contributed by atoms with Crippen LogP contribution in [0.3, 0.4) is 0 Å². The van der Waals surface area contributed by atoms with Gasteiger partial charge in [-0.25, -0.2) is 0 Å². The maximum Gasteiger partial charge on any atom is 0.150 e. The molecule has 4 heteroatoms. The molecule has 256 valence electrons. The second-order valence-corrected chi connectivity index (χ2v) is 12.5. The van der Waals surface area contributed by atoms with Crippen LogP contribution in [0.5, 0.6) is 0 Å². The quantitative estimate of drug-likeness (QED) is 0.0474. The topological polar surface area (TPSA) is 57.6 Å². The number of aliphatic hydroxyl groups excluding tert-OH is 1. The van der Waals surface area contributed by atoms with Crippen molar-refractivity contribution in [1.29, 1.82) is 0 Å². The van der Waals surface area contributed by atoms with E-state index in [1.807, 2.05) is 19.0 Å². The van der Waals surface area contributed by atoms with E-state index in [2.05, 4.69) is 86.8 Å². The molecule has 1 N–H and O–H groups in total. The number of unbranched alkanes of at least 4 members (excludes halogenated alkanes) is 10. The average molecular weight is 624 g/mol. The molecular weight excluding hydrogens is 554 g/mol. The molecule has 0 aliphatic carbocycles. The molecular formula is C41H69NO3. The van der Waals surface area contributed by atoms with Crippen molar-refractivity contribution in [3.63, 3.8) is 0 Å². The van der Waals surface area contributed by atoms with E-state index in [1.165, 1.54) is 12.8 Å². The third kappa shape index (κ3) is 24.6. The van der Waals surface area contributed by atoms with Crippen LogP contribution in [0.15, 0.2) is 72.9 Å². The molecule has 0 unspecified atom stereocenters. The lowest BCUT2D eigenvalue weighted by atomic mass is 9.75. The summed E-state index contributed by atoms with van der Waals surface area (Å²) in [5.74, 6) is -0.159. The van der Waals surface area contributed by atoms with Crippen molar-refractivity contribution >= 4 is 11.6 Å². The van der Waals surface area contributed by atoms with Crippen LogP contribution in [0.4, 0.5) is 0 Å². The molecule has 0 aliphatic heterocycles. The van der Waals surface area contributed by atoms with Gasteiger partial charge in [0.05, 0.1) is 6.61 Å². The molecule has 0 rings (SSSR count). The summed E-state index contributed by atoms with van der Waals surface area (Å²) in [4.78, 5) is 28.5. The number of hydrogen-bond acceptors (Lipinski definition) is 4. The highest BCUT2D eigenvalue weighted by Crippen LogP contribution is 2.27. The lowest BCUT2D eigenvalue weighted by molar-refractivity contribution is -0.145. The third-order valence-electron chi connectivity index (χ3n) is 8.03. The minimum atomic E-state index is -1.28. The number of ketones is 2. The van der Waals surface area contributed by atoms with Crippen molar-refractivity contribution in [3.8, 4) is 0 Å². The lowest BCUT2D eigenvalue weighted by Gasteiger charge is -2.32. The molecule has 0 saturated heterocycles. The molecule has 0 heterocycles. The Morgan fingerprint density at radius 2 is 0.844 bits per heavy atom. The van der Waals surface area contributed by atoms with E-state index in [0.29, 0.717) is 12.8 Å². The Labute approximate surface area is 278 Å². The summed E-state index contributed by atoms with van der Waals surface area (Å²) in [6.45, 7) is 4.20. The fourth-order valence-corrected chi connectivity index (χ4v) is 5.39. The molecule has 0 aromatic heterocycles. The minimum Gasteiger partial charge on any atom is -0.395 e. The van der Waals surface area contributed by atoms with Gasteiger partial charge in [-0.15, -0.1) is 0 Å². The lowest BCUT2D eigenvalue weighted by Crippen LogP contribution is -2.49. The number of Topliss-reactive ketones (excluding diaryl/α,β-unsaturated/α-hetero) is 2. The zero-order chi connectivity index (χ0) is 33.3. The van der Waals surface area contributed by atoms with Gasteiger partial charge in [0, 0.05) is 19.4 Å². The van der Waals surface area contributed by atoms with Crippen LogP contribution in [0.25, 0.3) is 0 Å². The summed E-state index contributed by atoms with van der Waals surface area (Å²) in [7, 11) is 3.74. The third-order valence-corrected chi connectivity index (χ3v) is 8.03. The van der Waals surface area contributed by atoms with Crippen LogP contribution in [0.2, 0.25) is 0 Å². The zero-order valence-electron chi connectivity index (χ0n) is 29.7. The van der Waals surface area contributed by atoms with E-state index in [9.17, 15) is 14.7 Å². The first kappa shape index (κ1) is 42.7. The van der Waals surface area contributed by atoms with Crippen LogP contribution in [-0.2, 0) is 9.59 Å². The molecule has 0 amide bonds. The van der Waals surface area contributed by atoms with Crippen LogP contribution >= 0.6 is 0 Å². The summed E-state index contributed by atoms with van der Waals surface area (Å²) in [5, 5.41) is 10.3. The monoisotopic (exact) mass is 624 g/mol. The number of carbonyl (C=O) groups is 2. The van der Waals surface area contributed by atoms with Gasteiger partial charge in [0.1, 0.15) is 17.0 Å². The van der Waals surface area contributed by atoms with E-state index in [-0.39, 0.29) is 18.1 Å². The number of hydrogen-bond donors (Lipinski definition) is 1. The van der Waals surface area contributed by atoms with Crippen molar-refractivity contribution in [1.82, 2.24) is 4.90 Å². The highest BCUT2D eigenvalue weighted by Gasteiger charge is 2.43. The van der Waals surface area contributed by atoms with E-state index in [4.69, 9.17) is 0 Å². The molecule has 0 atom stereocenters. The van der Waals surface area contributed by atoms with Crippen molar-refractivity contribution in [2.75, 3.05) is 27.2 Å². The first-order valence-electron chi connectivity index (χ1n) is 18.2. The molecule has 0 aliphatic rings. The summed E-state index contributed by atoms with van der Waals surface area (Å²) in [6, 6.07) is 0. The first-order valence-corrected chi connectivity index (χ1v) is 18.2. The Hall–Kier alpha value is -2.30. The SMILES string of the molecule is CC/C=C\C/C=C\C/C=C\CCCCCCCC(=O)C(CO)(CN(C)C)C(=O)CCCCCCC/C=C\C/C=C\C/C=C\CC. The Bertz CT molecular complexity index is 826. The summed E-state index contributed by atoms with van der Waals surface area (Å²) >= 11 is 0. The standard InChI is InChI=1S/C41H69NO3/c1-5-7-9-11-13-15-17-19-21-23-25-27-29-31-33-35-39(44)41(38-43,37-42(3)4)40(45)36-34-32-30-28-26-24-22-20-18-16-14-12-10-8-6-2/h7-10,13-16,19-22,43H,5-6,11-12,17-18,23-38H2,1-4H3/b9-7-,10-8-,15-13-,16-14-,21-19-,22-20-. The number of rotatable bonds is 31. The van der Waals surface area contributed by atoms with Gasteiger partial charge in [0.2, 0.25) is 0 Å². The predicted octanol–water partition coefficient (Wildman–Crippen LogP) is 10.8. The smallest absolute Gasteiger partial charge is 0.150 e. The van der Waals surface area contributed by atoms with Crippen LogP contribution < -0.4 is 0 Å². The average Bonchev–Trinajstić information content (AvgIpc) is 3.03. The van der Waals surface area contributed by atoms with Gasteiger partial charge in [-0.05, 0) is 91.1 Å². The van der Waals surface area contributed by atoms with Crippen LogP contribution in [0, 0.1) is 5.41 Å². The summed E-state index contributed by atoms with van der Waals surface area (Å²) < 4.78 is 0. The summed E-state index contributed by atoms with van der Waals surface area (Å²) in [6.07, 6.45) is 46.2. The first-order chi connectivity index (χ1) is 21.9. The Balaban J connectivity index is 4.25. The molecule has 0 fully saturated rings. The van der Waals surface area contributed by atoms with Crippen molar-refractivity contribution < 1.29 is 14.7 Å². The fraction of sp³-hybridized carbons (Fsp3) is 0.659. The molecule has 45 heavy (non-hydrogen) atoms. The second kappa shape index (κ2) is 31.7. The number of aliphatic hydroxyl groups is 1. The summed E-state index contributed by atoms with van der Waals surface area (Å²) in [5.41, 5.74) is -1.28. The molecule has 0 bridgehead atoms. The highest BCUT2D eigenvalue weighted by atomic mass is 16.3. The predicted molar refractivity (Wildman–Crippen MR) is 197 cm³/mol. The molecule has 0 aromatic carbocycles. The van der Waals surface area contributed by atoms with E-state index >= 15 is 0 Å². The molecule has 0 saturated carbocycles. The Morgan fingerprint density at radius 1 is 0.511 bits per heavy atom. The largest absolute Gasteiger partial charge is 0.395 e. The number of allylic oxidation sites excluding steroid dienone is 12. The molecule has 0 spiro atoms. The van der Waals surface area contributed by atoms with Gasteiger partial charge >= 0.3 is 0 Å². The molecule has 0 radical (unpaired) electrons. The van der Waals surface area contributed by atoms with Gasteiger partial charge in [0.15, 0.2) is 0 Å². The van der Waals surface area contributed by atoms with Gasteiger partial charge in [-0.3, -0.25) is 9.59 Å². The number of carbonyl (C=O) groups excluding carboxylic acids is 2. The van der Waals surface area contributed by atoms with Crippen molar-refractivity contribution in [2.45, 2.75) is 142 Å². The van der Waals surface area contributed by atoms with E-state index < -0.39 is 12.0 Å². The minimum absolute atomic E-state index is 0.0797. The maximum atomic E-state index is 13.3. The van der Waals surface area contributed by atoms with E-state index in [0.717, 1.165) is 103 Å². The van der Waals surface area contributed by atoms with Gasteiger partial charge in [0.25, 0.3) is 0 Å². The normalized spacial score (nSPS) is 13.0. The molecule has 4 nitrogen and oxygen atoms in total. The van der Waals surface area contributed by atoms with E-state index in [1.54, 1.807) is 0 Å². The van der Waals surface area contributed by atoms with Crippen LogP contribution in [0.1, 0.15) is 142 Å². The number of nitrogens with zero attached hydrogens (tertiary/aromatic N) is 1. The fourth-order valence-electron chi connectivity index (χ4n) is 5.39. The van der Waals surface area contributed by atoms with Crippen molar-refractivity contribution in [2.24, 2.45) is 5.41 Å². The van der Waals surface area contributed by atoms with Gasteiger partial charge in [-0.2, -0.15) is 0 Å². The highest BCUT2D eigenvalue weighted by molar-refractivity contribution is 6.07. The van der Waals surface area contributed by atoms with Gasteiger partial charge in [-0.1, -0.05) is 125 Å². The second-order valence-electron chi connectivity index (χ2n) is 12.5. The van der Waals surface area contributed by atoms with Gasteiger partial charge < -0.3 is 10.0 Å².